The molecule has 0 aromatic rings. The average molecular weight is 1090 g/mol. The van der Waals surface area contributed by atoms with Crippen LogP contribution in [0.4, 0.5) is 0 Å². The summed E-state index contributed by atoms with van der Waals surface area (Å²) < 4.78 is 28.2. The van der Waals surface area contributed by atoms with Crippen molar-refractivity contribution in [1.82, 2.24) is 0 Å². The topological polar surface area (TPSA) is 36.9 Å². The maximum atomic E-state index is 6.69. The van der Waals surface area contributed by atoms with E-state index in [9.17, 15) is 0 Å². The molecule has 2 unspecified atom stereocenters. The van der Waals surface area contributed by atoms with Crippen molar-refractivity contribution >= 4 is 0 Å². The molecular formula is C71H148N2O4+2. The number of quaternary nitrogens is 2. The van der Waals surface area contributed by atoms with E-state index in [1.807, 2.05) is 0 Å². The molecule has 0 radical (unpaired) electrons. The lowest BCUT2D eigenvalue weighted by molar-refractivity contribution is -0.895. The number of unbranched alkanes of at least 4 members (excludes halogenated alkanes) is 46. The molecule has 0 rings (SSSR count). The van der Waals surface area contributed by atoms with Gasteiger partial charge in [0.1, 0.15) is 25.3 Å². The molecule has 0 aliphatic heterocycles. The predicted octanol–water partition coefficient (Wildman–Crippen LogP) is 21.9. The highest BCUT2D eigenvalue weighted by Crippen LogP contribution is 2.18. The van der Waals surface area contributed by atoms with Gasteiger partial charge in [0.05, 0.1) is 54.5 Å². The van der Waals surface area contributed by atoms with Crippen molar-refractivity contribution in [1.29, 1.82) is 0 Å². The normalized spacial score (nSPS) is 13.1. The minimum absolute atomic E-state index is 0.180. The van der Waals surface area contributed by atoms with Gasteiger partial charge in [-0.1, -0.05) is 310 Å². The number of likely N-dealkylation sites (N-methyl/N-ethyl adjacent to an activating group) is 2. The second-order valence-electron chi connectivity index (χ2n) is 26.4. The Morgan fingerprint density at radius 2 is 0.403 bits per heavy atom. The third-order valence-corrected chi connectivity index (χ3v) is 17.0. The maximum Gasteiger partial charge on any atom is 0.130 e. The van der Waals surface area contributed by atoms with E-state index >= 15 is 0 Å². The summed E-state index contributed by atoms with van der Waals surface area (Å²) in [5.41, 5.74) is 0. The molecule has 6 nitrogen and oxygen atoms in total. The highest BCUT2D eigenvalue weighted by Gasteiger charge is 2.25. The molecule has 0 aromatic carbocycles. The van der Waals surface area contributed by atoms with Crippen LogP contribution in [-0.4, -0.2) is 115 Å². The van der Waals surface area contributed by atoms with E-state index in [-0.39, 0.29) is 12.2 Å². The van der Waals surface area contributed by atoms with E-state index < -0.39 is 0 Å². The SMILES string of the molecule is CCCCCCCCCCCCCCOCC(C[N+](C)(C)CCCCC[N+](C)(C)CC(COCCCCCCCCCCCCCC)OCCCCCCCCCCCCCC)OCCCCCCCCCCCCCC. The zero-order valence-corrected chi connectivity index (χ0v) is 54.8. The van der Waals surface area contributed by atoms with Crippen molar-refractivity contribution in [2.75, 3.05) is 94.0 Å². The first kappa shape index (κ1) is 76.8. The van der Waals surface area contributed by atoms with Gasteiger partial charge in [0.2, 0.25) is 0 Å². The van der Waals surface area contributed by atoms with Gasteiger partial charge < -0.3 is 27.9 Å². The Morgan fingerprint density at radius 3 is 0.623 bits per heavy atom. The zero-order valence-electron chi connectivity index (χ0n) is 54.8. The van der Waals surface area contributed by atoms with Gasteiger partial charge in [-0.2, -0.15) is 0 Å². The highest BCUT2D eigenvalue weighted by molar-refractivity contribution is 4.61. The molecule has 0 spiro atoms. The molecule has 0 amide bonds. The molecule has 0 aliphatic rings. The fraction of sp³-hybridized carbons (Fsp3) is 1.00. The summed E-state index contributed by atoms with van der Waals surface area (Å²) in [7, 11) is 9.73. The van der Waals surface area contributed by atoms with Crippen LogP contribution < -0.4 is 0 Å². The van der Waals surface area contributed by atoms with Crippen molar-refractivity contribution in [3.8, 4) is 0 Å². The first-order valence-electron chi connectivity index (χ1n) is 35.7. The number of ether oxygens (including phenoxy) is 4. The van der Waals surface area contributed by atoms with Crippen LogP contribution >= 0.6 is 0 Å². The van der Waals surface area contributed by atoms with E-state index in [1.165, 1.54) is 341 Å². The van der Waals surface area contributed by atoms with Gasteiger partial charge >= 0.3 is 0 Å². The van der Waals surface area contributed by atoms with E-state index in [2.05, 4.69) is 55.9 Å². The Kier molecular flexibility index (Phi) is 61.6. The Morgan fingerprint density at radius 1 is 0.221 bits per heavy atom. The van der Waals surface area contributed by atoms with Crippen molar-refractivity contribution in [2.24, 2.45) is 0 Å². The van der Waals surface area contributed by atoms with Crippen LogP contribution in [0.1, 0.15) is 355 Å². The third kappa shape index (κ3) is 61.7. The molecule has 0 heterocycles. The molecule has 77 heavy (non-hydrogen) atoms. The molecule has 0 N–H and O–H groups in total. The van der Waals surface area contributed by atoms with Crippen molar-refractivity contribution in [3.63, 3.8) is 0 Å². The Balaban J connectivity index is 4.89. The van der Waals surface area contributed by atoms with Crippen LogP contribution in [0.2, 0.25) is 0 Å². The summed E-state index contributed by atoms with van der Waals surface area (Å²) >= 11 is 0. The molecule has 2 atom stereocenters. The smallest absolute Gasteiger partial charge is 0.130 e. The maximum absolute atomic E-state index is 6.69. The van der Waals surface area contributed by atoms with E-state index in [0.29, 0.717) is 0 Å². The van der Waals surface area contributed by atoms with Crippen LogP contribution in [-0.2, 0) is 18.9 Å². The summed E-state index contributed by atoms with van der Waals surface area (Å²) in [5.74, 6) is 0. The number of hydrogen-bond donors (Lipinski definition) is 0. The summed E-state index contributed by atoms with van der Waals surface area (Å²) in [4.78, 5) is 0. The average Bonchev–Trinajstić information content (AvgIpc) is 3.40. The second-order valence-corrected chi connectivity index (χ2v) is 26.4. The van der Waals surface area contributed by atoms with Crippen molar-refractivity contribution in [2.45, 2.75) is 367 Å². The standard InChI is InChI=1S/C71H148N2O4/c1-9-13-17-21-25-29-33-37-41-45-49-56-62-74-68-70(76-64-58-51-47-43-39-35-31-27-23-19-15-11-3)66-72(5,6)60-54-53-55-61-73(7,8)67-71(77-65-59-52-48-44-40-36-32-28-24-20-16-12-4)69-75-63-57-50-46-42-38-34-30-26-22-18-14-10-2/h70-71H,9-69H2,1-8H3/q+2. The van der Waals surface area contributed by atoms with Gasteiger partial charge in [0, 0.05) is 26.4 Å². The number of hydrogen-bond acceptors (Lipinski definition) is 4. The van der Waals surface area contributed by atoms with Gasteiger partial charge in [-0.3, -0.25) is 0 Å². The van der Waals surface area contributed by atoms with Crippen molar-refractivity contribution < 1.29 is 27.9 Å². The van der Waals surface area contributed by atoms with Crippen LogP contribution in [0, 0.1) is 0 Å². The summed E-state index contributed by atoms with van der Waals surface area (Å²) in [5, 5.41) is 0. The molecule has 0 aliphatic carbocycles. The lowest BCUT2D eigenvalue weighted by Crippen LogP contribution is -2.48. The van der Waals surface area contributed by atoms with E-state index in [4.69, 9.17) is 18.9 Å². The van der Waals surface area contributed by atoms with Gasteiger partial charge in [0.25, 0.3) is 0 Å². The van der Waals surface area contributed by atoms with Gasteiger partial charge in [-0.15, -0.1) is 0 Å². The van der Waals surface area contributed by atoms with Gasteiger partial charge in [-0.25, -0.2) is 0 Å². The van der Waals surface area contributed by atoms with Crippen LogP contribution in [0.25, 0.3) is 0 Å². The summed E-state index contributed by atoms with van der Waals surface area (Å²) in [6.07, 6.45) is 70.5. The highest BCUT2D eigenvalue weighted by atomic mass is 16.5. The van der Waals surface area contributed by atoms with Gasteiger partial charge in [0.15, 0.2) is 0 Å². The molecule has 0 aromatic heterocycles. The molecule has 464 valence electrons. The van der Waals surface area contributed by atoms with Gasteiger partial charge in [-0.05, 0) is 44.9 Å². The minimum atomic E-state index is 0.180. The molecule has 0 saturated heterocycles. The fourth-order valence-corrected chi connectivity index (χ4v) is 11.8. The summed E-state index contributed by atoms with van der Waals surface area (Å²) in [6, 6.07) is 0. The van der Waals surface area contributed by atoms with E-state index in [0.717, 1.165) is 61.7 Å². The predicted molar refractivity (Wildman–Crippen MR) is 343 cm³/mol. The second kappa shape index (κ2) is 61.8. The van der Waals surface area contributed by atoms with E-state index in [1.54, 1.807) is 0 Å². The Bertz CT molecular complexity index is 1000. The molecular weight excluding hydrogens is 945 g/mol. The Labute approximate surface area is 487 Å². The summed E-state index contributed by atoms with van der Waals surface area (Å²) in [6.45, 7) is 18.7. The monoisotopic (exact) mass is 1090 g/mol. The largest absolute Gasteiger partial charge is 0.379 e. The third-order valence-electron chi connectivity index (χ3n) is 17.0. The Hall–Kier alpha value is -0.240. The van der Waals surface area contributed by atoms with Crippen LogP contribution in [0.5, 0.6) is 0 Å². The first-order valence-corrected chi connectivity index (χ1v) is 35.7. The lowest BCUT2D eigenvalue weighted by Gasteiger charge is -2.34. The van der Waals surface area contributed by atoms with Crippen LogP contribution in [0.15, 0.2) is 0 Å². The van der Waals surface area contributed by atoms with Crippen molar-refractivity contribution in [3.05, 3.63) is 0 Å². The number of nitrogens with zero attached hydrogens (tertiary/aromatic N) is 2. The minimum Gasteiger partial charge on any atom is -0.379 e. The zero-order chi connectivity index (χ0) is 56.1. The van der Waals surface area contributed by atoms with Crippen LogP contribution in [0.3, 0.4) is 0 Å². The first-order chi connectivity index (χ1) is 37.7. The fourth-order valence-electron chi connectivity index (χ4n) is 11.8. The molecule has 6 heteroatoms. The number of rotatable bonds is 68. The molecule has 0 saturated carbocycles. The quantitative estimate of drug-likeness (QED) is 0.0449. The molecule has 0 fully saturated rings. The molecule has 0 bridgehead atoms. The lowest BCUT2D eigenvalue weighted by atomic mass is 10.1.